The molecular formula is C19H18FN3O2. The van der Waals surface area contributed by atoms with Crippen molar-refractivity contribution in [3.8, 4) is 5.75 Å². The Hall–Kier alpha value is -3.15. The summed E-state index contributed by atoms with van der Waals surface area (Å²) in [6, 6.07) is 13.8. The Labute approximate surface area is 145 Å². The molecule has 0 atom stereocenters. The Morgan fingerprint density at radius 2 is 2.08 bits per heavy atom. The maximum atomic E-state index is 13.2. The molecule has 0 unspecified atom stereocenters. The highest BCUT2D eigenvalue weighted by Gasteiger charge is 2.07. The minimum absolute atomic E-state index is 0.0834. The fourth-order valence-electron chi connectivity index (χ4n) is 2.40. The zero-order chi connectivity index (χ0) is 17.6. The third-order valence-electron chi connectivity index (χ3n) is 3.60. The lowest BCUT2D eigenvalue weighted by molar-refractivity contribution is -0.118. The number of carbonyl (C=O) groups excluding carboxylic acids is 1. The predicted molar refractivity (Wildman–Crippen MR) is 93.0 cm³/mol. The lowest BCUT2D eigenvalue weighted by atomic mass is 10.2. The van der Waals surface area contributed by atoms with Crippen LogP contribution < -0.4 is 10.1 Å². The van der Waals surface area contributed by atoms with Gasteiger partial charge in [0.25, 0.3) is 5.91 Å². The first kappa shape index (κ1) is 16.7. The molecule has 1 heterocycles. The number of rotatable bonds is 6. The number of benzene rings is 2. The third kappa shape index (κ3) is 4.67. The number of hydrogen-bond acceptors (Lipinski definition) is 3. The monoisotopic (exact) mass is 339 g/mol. The van der Waals surface area contributed by atoms with E-state index in [1.807, 2.05) is 37.3 Å². The van der Waals surface area contributed by atoms with Gasteiger partial charge in [0.1, 0.15) is 11.6 Å². The quantitative estimate of drug-likeness (QED) is 0.749. The number of ether oxygens (including phenoxy) is 1. The van der Waals surface area contributed by atoms with Crippen LogP contribution in [-0.4, -0.2) is 22.3 Å². The molecule has 0 saturated carbocycles. The topological polar surface area (TPSA) is 56.1 Å². The zero-order valence-electron chi connectivity index (χ0n) is 13.8. The Bertz CT molecular complexity index is 876. The second-order valence-corrected chi connectivity index (χ2v) is 5.66. The normalized spacial score (nSPS) is 10.5. The van der Waals surface area contributed by atoms with E-state index in [1.54, 1.807) is 23.1 Å². The van der Waals surface area contributed by atoms with E-state index in [4.69, 9.17) is 4.74 Å². The number of aryl methyl sites for hydroxylation is 1. The molecule has 3 rings (SSSR count). The van der Waals surface area contributed by atoms with Crippen molar-refractivity contribution in [2.75, 3.05) is 11.9 Å². The van der Waals surface area contributed by atoms with Crippen molar-refractivity contribution in [3.63, 3.8) is 0 Å². The van der Waals surface area contributed by atoms with Gasteiger partial charge in [-0.3, -0.25) is 9.48 Å². The number of carbonyl (C=O) groups is 1. The van der Waals surface area contributed by atoms with Gasteiger partial charge in [0.05, 0.1) is 18.4 Å². The summed E-state index contributed by atoms with van der Waals surface area (Å²) in [7, 11) is 0. The smallest absolute Gasteiger partial charge is 0.262 e. The van der Waals surface area contributed by atoms with E-state index in [2.05, 4.69) is 10.4 Å². The highest BCUT2D eigenvalue weighted by atomic mass is 19.1. The fraction of sp³-hybridized carbons (Fsp3) is 0.158. The van der Waals surface area contributed by atoms with E-state index in [0.717, 1.165) is 11.1 Å². The van der Waals surface area contributed by atoms with Crippen LogP contribution in [0.4, 0.5) is 10.1 Å². The van der Waals surface area contributed by atoms with Crippen molar-refractivity contribution in [3.05, 3.63) is 77.9 Å². The molecule has 0 fully saturated rings. The van der Waals surface area contributed by atoms with Crippen LogP contribution in [0.1, 0.15) is 11.1 Å². The summed E-state index contributed by atoms with van der Waals surface area (Å²) < 4.78 is 20.3. The average Bonchev–Trinajstić information content (AvgIpc) is 3.01. The number of hydrogen-bond donors (Lipinski definition) is 1. The van der Waals surface area contributed by atoms with Gasteiger partial charge in [-0.1, -0.05) is 30.3 Å². The van der Waals surface area contributed by atoms with Gasteiger partial charge in [-0.05, 0) is 36.2 Å². The summed E-state index contributed by atoms with van der Waals surface area (Å²) in [5.41, 5.74) is 2.33. The van der Waals surface area contributed by atoms with E-state index >= 15 is 0 Å². The number of amides is 1. The second kappa shape index (κ2) is 7.61. The van der Waals surface area contributed by atoms with Crippen LogP contribution in [0.2, 0.25) is 0 Å². The molecule has 0 aliphatic heterocycles. The molecule has 2 aromatic carbocycles. The molecule has 128 valence electrons. The van der Waals surface area contributed by atoms with Gasteiger partial charge in [-0.2, -0.15) is 5.10 Å². The fourth-order valence-corrected chi connectivity index (χ4v) is 2.40. The van der Waals surface area contributed by atoms with Crippen molar-refractivity contribution in [2.45, 2.75) is 13.5 Å². The van der Waals surface area contributed by atoms with Crippen molar-refractivity contribution >= 4 is 11.6 Å². The van der Waals surface area contributed by atoms with Gasteiger partial charge in [0, 0.05) is 6.20 Å². The maximum absolute atomic E-state index is 13.2. The number of nitrogens with one attached hydrogen (secondary N) is 1. The first-order chi connectivity index (χ1) is 12.1. The third-order valence-corrected chi connectivity index (χ3v) is 3.60. The van der Waals surface area contributed by atoms with E-state index in [-0.39, 0.29) is 18.3 Å². The lowest BCUT2D eigenvalue weighted by Crippen LogP contribution is -2.20. The first-order valence-corrected chi connectivity index (χ1v) is 7.85. The standard InChI is InChI=1S/C19H18FN3O2/c1-14-5-2-3-8-18(14)25-13-19(24)22-17-10-21-23(12-17)11-15-6-4-7-16(20)9-15/h2-10,12H,11,13H2,1H3,(H,22,24). The van der Waals surface area contributed by atoms with E-state index in [0.29, 0.717) is 18.0 Å². The molecule has 1 N–H and O–H groups in total. The molecular weight excluding hydrogens is 321 g/mol. The molecule has 0 radical (unpaired) electrons. The number of aromatic nitrogens is 2. The molecule has 25 heavy (non-hydrogen) atoms. The Morgan fingerprint density at radius 3 is 2.88 bits per heavy atom. The van der Waals surface area contributed by atoms with Gasteiger partial charge >= 0.3 is 0 Å². The number of halogens is 1. The van der Waals surface area contributed by atoms with E-state index in [9.17, 15) is 9.18 Å². The number of nitrogens with zero attached hydrogens (tertiary/aromatic N) is 2. The molecule has 0 saturated heterocycles. The minimum atomic E-state index is -0.286. The van der Waals surface area contributed by atoms with Crippen molar-refractivity contribution in [1.29, 1.82) is 0 Å². The van der Waals surface area contributed by atoms with Crippen LogP contribution in [0.15, 0.2) is 60.9 Å². The van der Waals surface area contributed by atoms with Gasteiger partial charge in [0.15, 0.2) is 6.61 Å². The van der Waals surface area contributed by atoms with Crippen LogP contribution in [0.25, 0.3) is 0 Å². The largest absolute Gasteiger partial charge is 0.483 e. The summed E-state index contributed by atoms with van der Waals surface area (Å²) in [5, 5.41) is 6.89. The molecule has 1 aromatic heterocycles. The Morgan fingerprint density at radius 1 is 1.24 bits per heavy atom. The molecule has 0 aliphatic rings. The molecule has 3 aromatic rings. The molecule has 1 amide bonds. The number of para-hydroxylation sites is 1. The van der Waals surface area contributed by atoms with E-state index < -0.39 is 0 Å². The van der Waals surface area contributed by atoms with Gasteiger partial charge < -0.3 is 10.1 Å². The molecule has 6 heteroatoms. The Kier molecular flexibility index (Phi) is 5.09. The summed E-state index contributed by atoms with van der Waals surface area (Å²) in [6.45, 7) is 2.26. The van der Waals surface area contributed by atoms with Gasteiger partial charge in [0.2, 0.25) is 0 Å². The zero-order valence-corrected chi connectivity index (χ0v) is 13.8. The molecule has 0 aliphatic carbocycles. The average molecular weight is 339 g/mol. The van der Waals surface area contributed by atoms with Crippen molar-refractivity contribution in [1.82, 2.24) is 9.78 Å². The summed E-state index contributed by atoms with van der Waals surface area (Å²) in [6.07, 6.45) is 3.24. The van der Waals surface area contributed by atoms with Crippen LogP contribution in [0.5, 0.6) is 5.75 Å². The summed E-state index contributed by atoms with van der Waals surface area (Å²) >= 11 is 0. The van der Waals surface area contributed by atoms with Crippen LogP contribution >= 0.6 is 0 Å². The highest BCUT2D eigenvalue weighted by molar-refractivity contribution is 5.91. The van der Waals surface area contributed by atoms with E-state index in [1.165, 1.54) is 12.1 Å². The lowest BCUT2D eigenvalue weighted by Gasteiger charge is -2.08. The van der Waals surface area contributed by atoms with Crippen molar-refractivity contribution in [2.24, 2.45) is 0 Å². The summed E-state index contributed by atoms with van der Waals surface area (Å²) in [5.74, 6) is 0.125. The maximum Gasteiger partial charge on any atom is 0.262 e. The Balaban J connectivity index is 1.54. The van der Waals surface area contributed by atoms with Crippen LogP contribution in [0, 0.1) is 12.7 Å². The highest BCUT2D eigenvalue weighted by Crippen LogP contribution is 2.16. The number of anilines is 1. The first-order valence-electron chi connectivity index (χ1n) is 7.85. The molecule has 0 bridgehead atoms. The van der Waals surface area contributed by atoms with Crippen LogP contribution in [0.3, 0.4) is 0 Å². The van der Waals surface area contributed by atoms with Gasteiger partial charge in [-0.25, -0.2) is 4.39 Å². The minimum Gasteiger partial charge on any atom is -0.483 e. The second-order valence-electron chi connectivity index (χ2n) is 5.66. The van der Waals surface area contributed by atoms with Gasteiger partial charge in [-0.15, -0.1) is 0 Å². The summed E-state index contributed by atoms with van der Waals surface area (Å²) in [4.78, 5) is 12.0. The van der Waals surface area contributed by atoms with Crippen LogP contribution in [-0.2, 0) is 11.3 Å². The molecule has 5 nitrogen and oxygen atoms in total. The SMILES string of the molecule is Cc1ccccc1OCC(=O)Nc1cnn(Cc2cccc(F)c2)c1. The van der Waals surface area contributed by atoms with Crippen molar-refractivity contribution < 1.29 is 13.9 Å². The predicted octanol–water partition coefficient (Wildman–Crippen LogP) is 3.40. The molecule has 0 spiro atoms.